The SMILES string of the molecule is CCCN(CCO)CCn1nc2ccccn2c1=O. The summed E-state index contributed by atoms with van der Waals surface area (Å²) in [6.45, 7) is 5.05. The average Bonchev–Trinajstić information content (AvgIpc) is 2.74. The first-order chi connectivity index (χ1) is 9.26. The zero-order valence-electron chi connectivity index (χ0n) is 11.2. The van der Waals surface area contributed by atoms with E-state index in [4.69, 9.17) is 5.11 Å². The molecule has 2 rings (SSSR count). The van der Waals surface area contributed by atoms with Crippen molar-refractivity contribution in [3.63, 3.8) is 0 Å². The fourth-order valence-corrected chi connectivity index (χ4v) is 2.14. The van der Waals surface area contributed by atoms with Crippen molar-refractivity contribution in [2.45, 2.75) is 19.9 Å². The molecule has 0 aliphatic carbocycles. The third-order valence-electron chi connectivity index (χ3n) is 3.07. The summed E-state index contributed by atoms with van der Waals surface area (Å²) in [6, 6.07) is 5.49. The zero-order chi connectivity index (χ0) is 13.7. The van der Waals surface area contributed by atoms with Gasteiger partial charge in [0, 0.05) is 19.3 Å². The molecule has 6 heteroatoms. The van der Waals surface area contributed by atoms with E-state index in [0.29, 0.717) is 18.7 Å². The van der Waals surface area contributed by atoms with Crippen LogP contribution in [0.4, 0.5) is 0 Å². The predicted molar refractivity (Wildman–Crippen MR) is 73.3 cm³/mol. The highest BCUT2D eigenvalue weighted by Gasteiger charge is 2.08. The summed E-state index contributed by atoms with van der Waals surface area (Å²) in [7, 11) is 0. The molecule has 1 N–H and O–H groups in total. The Kier molecular flexibility index (Phi) is 4.70. The molecule has 0 aliphatic heterocycles. The number of pyridine rings is 1. The molecule has 2 aromatic rings. The van der Waals surface area contributed by atoms with Crippen LogP contribution in [0.1, 0.15) is 13.3 Å². The number of hydrogen-bond donors (Lipinski definition) is 1. The number of nitrogens with zero attached hydrogens (tertiary/aromatic N) is 4. The van der Waals surface area contributed by atoms with E-state index in [-0.39, 0.29) is 12.3 Å². The van der Waals surface area contributed by atoms with Crippen LogP contribution in [0.25, 0.3) is 5.65 Å². The van der Waals surface area contributed by atoms with E-state index in [1.165, 1.54) is 9.08 Å². The first-order valence-corrected chi connectivity index (χ1v) is 6.63. The molecule has 0 saturated heterocycles. The Bertz CT molecular complexity index is 569. The van der Waals surface area contributed by atoms with Crippen LogP contribution in [0.3, 0.4) is 0 Å². The van der Waals surface area contributed by atoms with Gasteiger partial charge in [-0.05, 0) is 25.1 Å². The first kappa shape index (κ1) is 13.8. The quantitative estimate of drug-likeness (QED) is 0.776. The minimum absolute atomic E-state index is 0.115. The fourth-order valence-electron chi connectivity index (χ4n) is 2.14. The number of rotatable bonds is 7. The second-order valence-corrected chi connectivity index (χ2v) is 4.50. The van der Waals surface area contributed by atoms with Gasteiger partial charge in [-0.15, -0.1) is 5.10 Å². The van der Waals surface area contributed by atoms with E-state index in [1.807, 2.05) is 18.2 Å². The van der Waals surface area contributed by atoms with Gasteiger partial charge in [-0.3, -0.25) is 9.30 Å². The normalized spacial score (nSPS) is 11.5. The van der Waals surface area contributed by atoms with Crippen molar-refractivity contribution >= 4 is 5.65 Å². The summed E-state index contributed by atoms with van der Waals surface area (Å²) < 4.78 is 3.02. The van der Waals surface area contributed by atoms with Crippen LogP contribution in [0, 0.1) is 0 Å². The Morgan fingerprint density at radius 1 is 1.32 bits per heavy atom. The molecule has 2 aromatic heterocycles. The van der Waals surface area contributed by atoms with Gasteiger partial charge >= 0.3 is 5.69 Å². The molecule has 0 radical (unpaired) electrons. The van der Waals surface area contributed by atoms with Crippen LogP contribution >= 0.6 is 0 Å². The molecule has 0 fully saturated rings. The highest BCUT2D eigenvalue weighted by molar-refractivity contribution is 5.35. The maximum Gasteiger partial charge on any atom is 0.350 e. The topological polar surface area (TPSA) is 62.8 Å². The van der Waals surface area contributed by atoms with Gasteiger partial charge in [0.25, 0.3) is 0 Å². The van der Waals surface area contributed by atoms with Crippen LogP contribution in [0.5, 0.6) is 0 Å². The van der Waals surface area contributed by atoms with Crippen LogP contribution in [-0.4, -0.2) is 50.4 Å². The molecule has 0 saturated carbocycles. The minimum Gasteiger partial charge on any atom is -0.395 e. The molecule has 6 nitrogen and oxygen atoms in total. The van der Waals surface area contributed by atoms with Crippen LogP contribution in [0.2, 0.25) is 0 Å². The smallest absolute Gasteiger partial charge is 0.350 e. The molecular weight excluding hydrogens is 244 g/mol. The largest absolute Gasteiger partial charge is 0.395 e. The van der Waals surface area contributed by atoms with Gasteiger partial charge in [0.2, 0.25) is 0 Å². The number of hydrogen-bond acceptors (Lipinski definition) is 4. The van der Waals surface area contributed by atoms with Gasteiger partial charge in [-0.2, -0.15) is 0 Å². The lowest BCUT2D eigenvalue weighted by atomic mass is 10.4. The van der Waals surface area contributed by atoms with Crippen molar-refractivity contribution in [3.8, 4) is 0 Å². The molecule has 19 heavy (non-hydrogen) atoms. The molecule has 0 amide bonds. The molecule has 0 bridgehead atoms. The van der Waals surface area contributed by atoms with Crippen molar-refractivity contribution in [1.29, 1.82) is 0 Å². The Morgan fingerprint density at radius 3 is 2.84 bits per heavy atom. The molecule has 0 aliphatic rings. The monoisotopic (exact) mass is 264 g/mol. The second-order valence-electron chi connectivity index (χ2n) is 4.50. The maximum absolute atomic E-state index is 12.1. The van der Waals surface area contributed by atoms with Crippen molar-refractivity contribution in [3.05, 3.63) is 34.9 Å². The van der Waals surface area contributed by atoms with Gasteiger partial charge in [-0.1, -0.05) is 13.0 Å². The standard InChI is InChI=1S/C13H20N4O2/c1-2-6-15(10-11-18)8-9-17-13(19)16-7-4-3-5-12(16)14-17/h3-5,7,18H,2,6,8-11H2,1H3. The van der Waals surface area contributed by atoms with E-state index < -0.39 is 0 Å². The number of fused-ring (bicyclic) bond motifs is 1. The van der Waals surface area contributed by atoms with Crippen LogP contribution < -0.4 is 5.69 Å². The Hall–Kier alpha value is -1.66. The molecule has 2 heterocycles. The summed E-state index contributed by atoms with van der Waals surface area (Å²) in [6.07, 6.45) is 2.75. The van der Waals surface area contributed by atoms with E-state index in [9.17, 15) is 4.79 Å². The zero-order valence-corrected chi connectivity index (χ0v) is 11.2. The Labute approximate surface area is 111 Å². The molecule has 0 unspecified atom stereocenters. The highest BCUT2D eigenvalue weighted by Crippen LogP contribution is 1.96. The molecule has 0 atom stereocenters. The lowest BCUT2D eigenvalue weighted by Gasteiger charge is -2.19. The number of aliphatic hydroxyl groups excluding tert-OH is 1. The fraction of sp³-hybridized carbons (Fsp3) is 0.538. The second kappa shape index (κ2) is 6.49. The van der Waals surface area contributed by atoms with Crippen molar-refractivity contribution in [2.75, 3.05) is 26.2 Å². The Balaban J connectivity index is 2.08. The Morgan fingerprint density at radius 2 is 2.16 bits per heavy atom. The lowest BCUT2D eigenvalue weighted by molar-refractivity contribution is 0.189. The summed E-state index contributed by atoms with van der Waals surface area (Å²) in [5.41, 5.74) is 0.549. The summed E-state index contributed by atoms with van der Waals surface area (Å²) in [4.78, 5) is 14.2. The van der Waals surface area contributed by atoms with E-state index in [2.05, 4.69) is 16.9 Å². The first-order valence-electron chi connectivity index (χ1n) is 6.63. The lowest BCUT2D eigenvalue weighted by Crippen LogP contribution is -2.33. The third-order valence-corrected chi connectivity index (χ3v) is 3.07. The number of aliphatic hydroxyl groups is 1. The van der Waals surface area contributed by atoms with E-state index in [0.717, 1.165) is 19.5 Å². The molecule has 0 spiro atoms. The highest BCUT2D eigenvalue weighted by atomic mass is 16.3. The third kappa shape index (κ3) is 3.21. The van der Waals surface area contributed by atoms with Crippen molar-refractivity contribution in [2.24, 2.45) is 0 Å². The van der Waals surface area contributed by atoms with E-state index in [1.54, 1.807) is 6.20 Å². The maximum atomic E-state index is 12.1. The van der Waals surface area contributed by atoms with Crippen molar-refractivity contribution < 1.29 is 5.11 Å². The van der Waals surface area contributed by atoms with Gasteiger partial charge in [-0.25, -0.2) is 9.48 Å². The predicted octanol–water partition coefficient (Wildman–Crippen LogP) is 0.200. The van der Waals surface area contributed by atoms with Gasteiger partial charge in [0.1, 0.15) is 0 Å². The average molecular weight is 264 g/mol. The van der Waals surface area contributed by atoms with Crippen LogP contribution in [-0.2, 0) is 6.54 Å². The summed E-state index contributed by atoms with van der Waals surface area (Å²) in [5.74, 6) is 0. The summed E-state index contributed by atoms with van der Waals surface area (Å²) >= 11 is 0. The van der Waals surface area contributed by atoms with Gasteiger partial charge in [0.05, 0.1) is 13.2 Å². The van der Waals surface area contributed by atoms with Gasteiger partial charge < -0.3 is 5.11 Å². The molecule has 0 aromatic carbocycles. The molecular formula is C13H20N4O2. The summed E-state index contributed by atoms with van der Waals surface area (Å²) in [5, 5.41) is 13.3. The number of aromatic nitrogens is 3. The minimum atomic E-state index is -0.115. The van der Waals surface area contributed by atoms with E-state index >= 15 is 0 Å². The van der Waals surface area contributed by atoms with Crippen LogP contribution in [0.15, 0.2) is 29.2 Å². The molecule has 104 valence electrons. The van der Waals surface area contributed by atoms with Crippen molar-refractivity contribution in [1.82, 2.24) is 19.1 Å². The van der Waals surface area contributed by atoms with Gasteiger partial charge in [0.15, 0.2) is 5.65 Å².